The molecular formula is C10H14FN3O. The van der Waals surface area contributed by atoms with Crippen molar-refractivity contribution in [2.24, 2.45) is 0 Å². The van der Waals surface area contributed by atoms with Gasteiger partial charge in [0.1, 0.15) is 5.67 Å². The maximum atomic E-state index is 13.1. The Balaban J connectivity index is 1.77. The van der Waals surface area contributed by atoms with Crippen LogP contribution in [0.2, 0.25) is 0 Å². The summed E-state index contributed by atoms with van der Waals surface area (Å²) in [6, 6.07) is -0.209. The van der Waals surface area contributed by atoms with E-state index < -0.39 is 5.67 Å². The zero-order chi connectivity index (χ0) is 10.9. The summed E-state index contributed by atoms with van der Waals surface area (Å²) in [4.78, 5) is 9.41. The minimum atomic E-state index is -1.01. The average Bonchev–Trinajstić information content (AvgIpc) is 2.14. The van der Waals surface area contributed by atoms with E-state index >= 15 is 0 Å². The topological polar surface area (TPSA) is 49.2 Å². The van der Waals surface area contributed by atoms with Crippen molar-refractivity contribution in [3.8, 4) is 6.01 Å². The molecule has 1 saturated heterocycles. The zero-order valence-electron chi connectivity index (χ0n) is 8.65. The third-order valence-electron chi connectivity index (χ3n) is 2.51. The molecule has 0 amide bonds. The number of likely N-dealkylation sites (tertiary alicyclic amines) is 1. The van der Waals surface area contributed by atoms with Crippen LogP contribution >= 0.6 is 0 Å². The van der Waals surface area contributed by atoms with E-state index in [0.29, 0.717) is 13.1 Å². The maximum absolute atomic E-state index is 13.1. The molecule has 0 saturated carbocycles. The first-order valence-corrected chi connectivity index (χ1v) is 4.96. The summed E-state index contributed by atoms with van der Waals surface area (Å²) in [6.45, 7) is 3.44. The molecule has 0 spiro atoms. The number of aromatic nitrogens is 2. The molecule has 0 bridgehead atoms. The number of halogens is 1. The van der Waals surface area contributed by atoms with Crippen molar-refractivity contribution in [3.05, 3.63) is 18.0 Å². The van der Waals surface area contributed by atoms with E-state index in [1.54, 1.807) is 19.3 Å². The van der Waals surface area contributed by atoms with Gasteiger partial charge in [0, 0.05) is 32.0 Å². The molecule has 0 unspecified atom stereocenters. The lowest BCUT2D eigenvalue weighted by atomic mass is 9.98. The molecule has 15 heavy (non-hydrogen) atoms. The number of nitrogens with zero attached hydrogens (tertiary/aromatic N) is 3. The maximum Gasteiger partial charge on any atom is 0.313 e. The Morgan fingerprint density at radius 2 is 2.07 bits per heavy atom. The lowest BCUT2D eigenvalue weighted by Gasteiger charge is -2.42. The first-order chi connectivity index (χ1) is 7.05. The fourth-order valence-corrected chi connectivity index (χ4v) is 1.81. The van der Waals surface area contributed by atoms with E-state index in [1.165, 1.54) is 0 Å². The van der Waals surface area contributed by atoms with Gasteiger partial charge in [0.25, 0.3) is 0 Å². The van der Waals surface area contributed by atoms with Crippen molar-refractivity contribution >= 4 is 0 Å². The number of alkyl halides is 1. The lowest BCUT2D eigenvalue weighted by Crippen LogP contribution is -2.57. The van der Waals surface area contributed by atoms with Gasteiger partial charge in [-0.05, 0) is 18.9 Å². The summed E-state index contributed by atoms with van der Waals surface area (Å²) in [5, 5.41) is 8.88. The highest BCUT2D eigenvalue weighted by Gasteiger charge is 2.37. The quantitative estimate of drug-likeness (QED) is 0.802. The Kier molecular flexibility index (Phi) is 2.56. The van der Waals surface area contributed by atoms with Crippen LogP contribution in [0.25, 0.3) is 0 Å². The molecule has 1 N–H and O–H groups in total. The van der Waals surface area contributed by atoms with Crippen molar-refractivity contribution in [2.75, 3.05) is 19.6 Å². The molecule has 1 aliphatic heterocycles. The second-order valence-corrected chi connectivity index (χ2v) is 4.27. The van der Waals surface area contributed by atoms with Crippen LogP contribution in [0.4, 0.5) is 4.39 Å². The summed E-state index contributed by atoms with van der Waals surface area (Å²) in [5.41, 5.74) is -0.0499. The highest BCUT2D eigenvalue weighted by Crippen LogP contribution is 2.24. The molecule has 1 fully saturated rings. The van der Waals surface area contributed by atoms with Crippen LogP contribution in [-0.4, -0.2) is 45.3 Å². The van der Waals surface area contributed by atoms with Crippen molar-refractivity contribution in [2.45, 2.75) is 19.0 Å². The van der Waals surface area contributed by atoms with Gasteiger partial charge in [-0.1, -0.05) is 0 Å². The average molecular weight is 211 g/mol. The van der Waals surface area contributed by atoms with Gasteiger partial charge in [0.2, 0.25) is 0 Å². The Bertz CT molecular complexity index is 331. The molecule has 1 aromatic heterocycles. The highest BCUT2D eigenvalue weighted by atomic mass is 19.1. The van der Waals surface area contributed by atoms with Gasteiger partial charge in [-0.3, -0.25) is 4.90 Å². The molecule has 0 aromatic carbocycles. The normalized spacial score (nSPS) is 19.9. The van der Waals surface area contributed by atoms with E-state index in [4.69, 9.17) is 5.11 Å². The molecule has 2 heterocycles. The smallest absolute Gasteiger partial charge is 0.313 e. The van der Waals surface area contributed by atoms with Crippen LogP contribution in [0.3, 0.4) is 0 Å². The molecule has 1 aliphatic rings. The van der Waals surface area contributed by atoms with E-state index in [0.717, 1.165) is 18.5 Å². The van der Waals surface area contributed by atoms with Crippen LogP contribution in [0.5, 0.6) is 6.01 Å². The summed E-state index contributed by atoms with van der Waals surface area (Å²) >= 11 is 0. The molecule has 82 valence electrons. The van der Waals surface area contributed by atoms with Gasteiger partial charge in [0.15, 0.2) is 0 Å². The van der Waals surface area contributed by atoms with E-state index in [-0.39, 0.29) is 6.01 Å². The number of hydrogen-bond acceptors (Lipinski definition) is 4. The van der Waals surface area contributed by atoms with Gasteiger partial charge in [-0.15, -0.1) is 0 Å². The first kappa shape index (κ1) is 10.3. The van der Waals surface area contributed by atoms with E-state index in [1.807, 2.05) is 4.90 Å². The number of aromatic hydroxyl groups is 1. The third-order valence-corrected chi connectivity index (χ3v) is 2.51. The predicted molar refractivity (Wildman–Crippen MR) is 53.4 cm³/mol. The highest BCUT2D eigenvalue weighted by molar-refractivity contribution is 5.07. The van der Waals surface area contributed by atoms with Gasteiger partial charge < -0.3 is 5.11 Å². The zero-order valence-corrected chi connectivity index (χ0v) is 8.65. The van der Waals surface area contributed by atoms with Crippen LogP contribution in [0.1, 0.15) is 12.5 Å². The second-order valence-electron chi connectivity index (χ2n) is 4.27. The minimum absolute atomic E-state index is 0.209. The van der Waals surface area contributed by atoms with Gasteiger partial charge in [-0.2, -0.15) is 0 Å². The molecule has 1 aromatic rings. The molecule has 0 aliphatic carbocycles. The molecule has 4 nitrogen and oxygen atoms in total. The van der Waals surface area contributed by atoms with Gasteiger partial charge >= 0.3 is 6.01 Å². The van der Waals surface area contributed by atoms with Crippen LogP contribution < -0.4 is 0 Å². The van der Waals surface area contributed by atoms with E-state index in [2.05, 4.69) is 9.97 Å². The third kappa shape index (κ3) is 2.62. The fourth-order valence-electron chi connectivity index (χ4n) is 1.81. The number of rotatable bonds is 3. The monoisotopic (exact) mass is 211 g/mol. The fraction of sp³-hybridized carbons (Fsp3) is 0.600. The van der Waals surface area contributed by atoms with Crippen molar-refractivity contribution in [1.29, 1.82) is 0 Å². The van der Waals surface area contributed by atoms with Crippen molar-refractivity contribution < 1.29 is 9.50 Å². The predicted octanol–water partition coefficient (Wildman–Crippen LogP) is 0.768. The van der Waals surface area contributed by atoms with Crippen molar-refractivity contribution in [1.82, 2.24) is 14.9 Å². The van der Waals surface area contributed by atoms with Gasteiger partial charge in [0.05, 0.1) is 0 Å². The molecule has 5 heteroatoms. The van der Waals surface area contributed by atoms with Crippen molar-refractivity contribution in [3.63, 3.8) is 0 Å². The molecule has 0 atom stereocenters. The lowest BCUT2D eigenvalue weighted by molar-refractivity contribution is -0.0162. The largest absolute Gasteiger partial charge is 0.479 e. The molecule has 0 radical (unpaired) electrons. The Labute approximate surface area is 87.8 Å². The molecule has 2 rings (SSSR count). The van der Waals surface area contributed by atoms with Crippen LogP contribution in [0, 0.1) is 0 Å². The minimum Gasteiger partial charge on any atom is -0.479 e. The summed E-state index contributed by atoms with van der Waals surface area (Å²) in [5.74, 6) is 0. The SMILES string of the molecule is CC1(F)CN(CCc2cnc(O)nc2)C1. The molecular weight excluding hydrogens is 197 g/mol. The standard InChI is InChI=1S/C10H14FN3O/c1-10(11)6-14(7-10)3-2-8-4-12-9(15)13-5-8/h4-5H,2-3,6-7H2,1H3,(H,12,13,15). The summed E-state index contributed by atoms with van der Waals surface area (Å²) < 4.78 is 13.1. The number of hydrogen-bond donors (Lipinski definition) is 1. The summed E-state index contributed by atoms with van der Waals surface area (Å²) in [7, 11) is 0. The first-order valence-electron chi connectivity index (χ1n) is 4.96. The summed E-state index contributed by atoms with van der Waals surface area (Å²) in [6.07, 6.45) is 3.98. The van der Waals surface area contributed by atoms with E-state index in [9.17, 15) is 4.39 Å². The Morgan fingerprint density at radius 1 is 1.47 bits per heavy atom. The van der Waals surface area contributed by atoms with Crippen LogP contribution in [-0.2, 0) is 6.42 Å². The Hall–Kier alpha value is -1.23. The van der Waals surface area contributed by atoms with Gasteiger partial charge in [-0.25, -0.2) is 14.4 Å². The second kappa shape index (κ2) is 3.73. The van der Waals surface area contributed by atoms with Crippen LogP contribution in [0.15, 0.2) is 12.4 Å². The Morgan fingerprint density at radius 3 is 2.60 bits per heavy atom.